The summed E-state index contributed by atoms with van der Waals surface area (Å²) in [5.41, 5.74) is 3.60. The van der Waals surface area contributed by atoms with Gasteiger partial charge in [0, 0.05) is 0 Å². The van der Waals surface area contributed by atoms with Crippen LogP contribution >= 0.6 is 0 Å². The molecule has 1 N–H and O–H groups in total. The van der Waals surface area contributed by atoms with Gasteiger partial charge >= 0.3 is 0 Å². The van der Waals surface area contributed by atoms with Gasteiger partial charge in [-0.3, -0.25) is 4.79 Å². The molecule has 6 nitrogen and oxygen atoms in total. The lowest BCUT2D eigenvalue weighted by Crippen LogP contribution is -2.15. The summed E-state index contributed by atoms with van der Waals surface area (Å²) in [5, 5.41) is 15.6. The van der Waals surface area contributed by atoms with Gasteiger partial charge in [-0.15, -0.1) is 0 Å². The molecule has 0 unspecified atom stereocenters. The van der Waals surface area contributed by atoms with E-state index in [0.29, 0.717) is 36.0 Å². The van der Waals surface area contributed by atoms with Crippen molar-refractivity contribution in [1.82, 2.24) is 10.2 Å². The molecule has 0 spiro atoms. The van der Waals surface area contributed by atoms with Crippen molar-refractivity contribution < 1.29 is 9.47 Å². The van der Waals surface area contributed by atoms with Crippen LogP contribution in [0.1, 0.15) is 33.5 Å². The molecular weight excluding hydrogens is 426 g/mol. The summed E-state index contributed by atoms with van der Waals surface area (Å²) in [6, 6.07) is 27.5. The molecular formula is C28H23N3O3. The van der Waals surface area contributed by atoms with Crippen molar-refractivity contribution >= 4 is 12.2 Å². The van der Waals surface area contributed by atoms with E-state index in [2.05, 4.69) is 10.2 Å². The SMILES string of the molecule is Cc1c(C=Cc2ccc(OCc3ccccc3)c(OCc3ccccc3)c2)n[nH]c(=O)c1C#N. The van der Waals surface area contributed by atoms with E-state index >= 15 is 0 Å². The number of H-pyrrole nitrogens is 1. The Morgan fingerprint density at radius 3 is 2.12 bits per heavy atom. The number of aromatic amines is 1. The first-order valence-corrected chi connectivity index (χ1v) is 10.8. The van der Waals surface area contributed by atoms with E-state index in [-0.39, 0.29) is 5.56 Å². The molecule has 6 heteroatoms. The number of nitriles is 1. The Balaban J connectivity index is 1.59. The number of hydrogen-bond acceptors (Lipinski definition) is 5. The second-order valence-electron chi connectivity index (χ2n) is 7.64. The number of ether oxygens (including phenoxy) is 2. The van der Waals surface area contributed by atoms with Crippen LogP contribution in [0.4, 0.5) is 0 Å². The first-order valence-electron chi connectivity index (χ1n) is 10.8. The Morgan fingerprint density at radius 1 is 0.882 bits per heavy atom. The van der Waals surface area contributed by atoms with Crippen LogP contribution < -0.4 is 15.0 Å². The third-order valence-electron chi connectivity index (χ3n) is 5.25. The number of benzene rings is 3. The molecule has 34 heavy (non-hydrogen) atoms. The number of nitrogens with zero attached hydrogens (tertiary/aromatic N) is 2. The average molecular weight is 450 g/mol. The predicted octanol–water partition coefficient (Wildman–Crippen LogP) is 5.28. The summed E-state index contributed by atoms with van der Waals surface area (Å²) in [5.74, 6) is 1.26. The molecule has 0 aliphatic rings. The molecule has 1 heterocycles. The highest BCUT2D eigenvalue weighted by Crippen LogP contribution is 2.31. The van der Waals surface area contributed by atoms with Crippen molar-refractivity contribution in [1.29, 1.82) is 5.26 Å². The van der Waals surface area contributed by atoms with Crippen molar-refractivity contribution in [3.63, 3.8) is 0 Å². The largest absolute Gasteiger partial charge is 0.485 e. The molecule has 0 saturated carbocycles. The monoisotopic (exact) mass is 449 g/mol. The van der Waals surface area contributed by atoms with Gasteiger partial charge in [-0.25, -0.2) is 5.10 Å². The third-order valence-corrected chi connectivity index (χ3v) is 5.25. The Bertz CT molecular complexity index is 1390. The third kappa shape index (κ3) is 5.59. The standard InChI is InChI=1S/C28H23N3O3/c1-20-24(17-29)28(32)31-30-25(20)14-12-21-13-15-26(33-18-22-8-4-2-5-9-22)27(16-21)34-19-23-10-6-3-7-11-23/h2-16H,18-19H2,1H3,(H,31,32). The van der Waals surface area contributed by atoms with E-state index in [1.165, 1.54) is 0 Å². The maximum absolute atomic E-state index is 11.7. The molecule has 0 atom stereocenters. The first kappa shape index (κ1) is 22.6. The molecule has 0 aliphatic heterocycles. The summed E-state index contributed by atoms with van der Waals surface area (Å²) in [6.07, 6.45) is 3.61. The highest BCUT2D eigenvalue weighted by Gasteiger charge is 2.10. The lowest BCUT2D eigenvalue weighted by atomic mass is 10.1. The van der Waals surface area contributed by atoms with Gasteiger partial charge in [-0.1, -0.05) is 72.8 Å². The zero-order chi connectivity index (χ0) is 23.8. The molecule has 0 aliphatic carbocycles. The lowest BCUT2D eigenvalue weighted by molar-refractivity contribution is 0.256. The highest BCUT2D eigenvalue weighted by molar-refractivity contribution is 5.71. The number of aromatic nitrogens is 2. The minimum Gasteiger partial charge on any atom is -0.485 e. The quantitative estimate of drug-likeness (QED) is 0.395. The van der Waals surface area contributed by atoms with E-state index in [1.54, 1.807) is 13.0 Å². The van der Waals surface area contributed by atoms with Gasteiger partial charge in [0.15, 0.2) is 11.5 Å². The molecule has 0 saturated heterocycles. The van der Waals surface area contributed by atoms with Crippen LogP contribution in [0.2, 0.25) is 0 Å². The van der Waals surface area contributed by atoms with Gasteiger partial charge in [-0.05, 0) is 47.4 Å². The summed E-state index contributed by atoms with van der Waals surface area (Å²) in [7, 11) is 0. The molecule has 1 aromatic heterocycles. The van der Waals surface area contributed by atoms with Crippen LogP contribution in [0.25, 0.3) is 12.2 Å². The second kappa shape index (κ2) is 10.8. The predicted molar refractivity (Wildman–Crippen MR) is 131 cm³/mol. The van der Waals surface area contributed by atoms with Crippen LogP contribution in [0.3, 0.4) is 0 Å². The number of nitrogens with one attached hydrogen (secondary N) is 1. The van der Waals surface area contributed by atoms with Crippen LogP contribution in [0, 0.1) is 18.3 Å². The van der Waals surface area contributed by atoms with E-state index in [0.717, 1.165) is 16.7 Å². The minimum atomic E-state index is -0.492. The smallest absolute Gasteiger partial charge is 0.282 e. The molecule has 0 radical (unpaired) electrons. The van der Waals surface area contributed by atoms with Crippen LogP contribution in [0.5, 0.6) is 11.5 Å². The average Bonchev–Trinajstić information content (AvgIpc) is 2.88. The topological polar surface area (TPSA) is 88.0 Å². The fourth-order valence-corrected chi connectivity index (χ4v) is 3.35. The fourth-order valence-electron chi connectivity index (χ4n) is 3.35. The zero-order valence-electron chi connectivity index (χ0n) is 18.7. The van der Waals surface area contributed by atoms with Crippen LogP contribution in [-0.2, 0) is 13.2 Å². The van der Waals surface area contributed by atoms with Crippen molar-refractivity contribution in [3.05, 3.63) is 123 Å². The first-order chi connectivity index (χ1) is 16.6. The minimum absolute atomic E-state index is 0.0613. The fraction of sp³-hybridized carbons (Fsp3) is 0.107. The highest BCUT2D eigenvalue weighted by atomic mass is 16.5. The molecule has 4 aromatic rings. The van der Waals surface area contributed by atoms with E-state index in [9.17, 15) is 10.1 Å². The Morgan fingerprint density at radius 2 is 1.50 bits per heavy atom. The van der Waals surface area contributed by atoms with Crippen LogP contribution in [-0.4, -0.2) is 10.2 Å². The van der Waals surface area contributed by atoms with Gasteiger partial charge < -0.3 is 9.47 Å². The molecule has 168 valence electrons. The lowest BCUT2D eigenvalue weighted by Gasteiger charge is -2.14. The van der Waals surface area contributed by atoms with Crippen molar-refractivity contribution in [3.8, 4) is 17.6 Å². The normalized spacial score (nSPS) is 10.7. The summed E-state index contributed by atoms with van der Waals surface area (Å²) in [4.78, 5) is 11.7. The number of hydrogen-bond donors (Lipinski definition) is 1. The molecule has 3 aromatic carbocycles. The van der Waals surface area contributed by atoms with Crippen LogP contribution in [0.15, 0.2) is 83.7 Å². The Kier molecular flexibility index (Phi) is 7.16. The summed E-state index contributed by atoms with van der Waals surface area (Å²) in [6.45, 7) is 2.53. The molecule has 0 bridgehead atoms. The van der Waals surface area contributed by atoms with Crippen molar-refractivity contribution in [2.45, 2.75) is 20.1 Å². The van der Waals surface area contributed by atoms with Gasteiger partial charge in [0.05, 0.1) is 5.69 Å². The van der Waals surface area contributed by atoms with Gasteiger partial charge in [0.1, 0.15) is 24.8 Å². The second-order valence-corrected chi connectivity index (χ2v) is 7.64. The number of rotatable bonds is 8. The zero-order valence-corrected chi connectivity index (χ0v) is 18.7. The van der Waals surface area contributed by atoms with E-state index in [1.807, 2.05) is 91.0 Å². The maximum atomic E-state index is 11.7. The van der Waals surface area contributed by atoms with Gasteiger partial charge in [-0.2, -0.15) is 10.4 Å². The Labute approximate surface area is 197 Å². The van der Waals surface area contributed by atoms with Gasteiger partial charge in [0.2, 0.25) is 0 Å². The van der Waals surface area contributed by atoms with Gasteiger partial charge in [0.25, 0.3) is 5.56 Å². The molecule has 0 fully saturated rings. The van der Waals surface area contributed by atoms with E-state index < -0.39 is 5.56 Å². The maximum Gasteiger partial charge on any atom is 0.282 e. The molecule has 4 rings (SSSR count). The summed E-state index contributed by atoms with van der Waals surface area (Å²) < 4.78 is 12.2. The van der Waals surface area contributed by atoms with Crippen molar-refractivity contribution in [2.75, 3.05) is 0 Å². The van der Waals surface area contributed by atoms with E-state index in [4.69, 9.17) is 9.47 Å². The Hall–Kier alpha value is -4.63. The van der Waals surface area contributed by atoms with Crippen molar-refractivity contribution in [2.24, 2.45) is 0 Å². The molecule has 0 amide bonds. The summed E-state index contributed by atoms with van der Waals surface area (Å²) >= 11 is 0.